The first-order chi connectivity index (χ1) is 11.5. The van der Waals surface area contributed by atoms with Gasteiger partial charge in [-0.1, -0.05) is 12.1 Å². The highest BCUT2D eigenvalue weighted by Gasteiger charge is 2.17. The van der Waals surface area contributed by atoms with Crippen LogP contribution in [0.2, 0.25) is 0 Å². The molecule has 1 saturated heterocycles. The Morgan fingerprint density at radius 2 is 2.08 bits per heavy atom. The number of anilines is 1. The highest BCUT2D eigenvalue weighted by Crippen LogP contribution is 2.29. The Morgan fingerprint density at radius 3 is 2.75 bits per heavy atom. The molecule has 24 heavy (non-hydrogen) atoms. The van der Waals surface area contributed by atoms with Crippen LogP contribution in [-0.2, 0) is 4.79 Å². The smallest absolute Gasteiger partial charge is 0.347 e. The first-order valence-corrected chi connectivity index (χ1v) is 8.68. The Hall–Kier alpha value is -2.25. The number of aromatic nitrogens is 1. The van der Waals surface area contributed by atoms with Gasteiger partial charge in [0, 0.05) is 11.3 Å². The number of likely N-dealkylation sites (tertiary alicyclic amines) is 1. The number of carboxylic acids is 1. The van der Waals surface area contributed by atoms with Gasteiger partial charge in [0.25, 0.3) is 0 Å². The van der Waals surface area contributed by atoms with E-state index < -0.39 is 5.97 Å². The lowest BCUT2D eigenvalue weighted by molar-refractivity contribution is -0.117. The second-order valence-corrected chi connectivity index (χ2v) is 6.85. The molecule has 0 radical (unpaired) electrons. The predicted molar refractivity (Wildman–Crippen MR) is 93.6 cm³/mol. The minimum atomic E-state index is -0.966. The van der Waals surface area contributed by atoms with E-state index in [-0.39, 0.29) is 10.8 Å². The van der Waals surface area contributed by atoms with Gasteiger partial charge >= 0.3 is 5.97 Å². The van der Waals surface area contributed by atoms with Crippen LogP contribution < -0.4 is 5.32 Å². The predicted octanol–water partition coefficient (Wildman–Crippen LogP) is 2.85. The van der Waals surface area contributed by atoms with Crippen LogP contribution in [0.25, 0.3) is 10.6 Å². The lowest BCUT2D eigenvalue weighted by Crippen LogP contribution is -2.30. The Labute approximate surface area is 144 Å². The Kier molecular flexibility index (Phi) is 4.92. The second kappa shape index (κ2) is 7.11. The van der Waals surface area contributed by atoms with Gasteiger partial charge in [0.1, 0.15) is 9.88 Å². The van der Waals surface area contributed by atoms with Crippen LogP contribution in [0.3, 0.4) is 0 Å². The number of nitrogens with one attached hydrogen (secondary N) is 1. The van der Waals surface area contributed by atoms with Gasteiger partial charge < -0.3 is 10.4 Å². The van der Waals surface area contributed by atoms with Crippen LogP contribution in [0.1, 0.15) is 28.2 Å². The van der Waals surface area contributed by atoms with Crippen molar-refractivity contribution in [2.75, 3.05) is 25.0 Å². The summed E-state index contributed by atoms with van der Waals surface area (Å²) in [4.78, 5) is 30.0. The van der Waals surface area contributed by atoms with E-state index in [0.29, 0.717) is 22.9 Å². The number of carbonyl (C=O) groups excluding carboxylic acids is 1. The molecule has 2 aromatic rings. The van der Waals surface area contributed by atoms with Crippen LogP contribution >= 0.6 is 11.3 Å². The molecule has 1 fully saturated rings. The van der Waals surface area contributed by atoms with Gasteiger partial charge in [-0.3, -0.25) is 9.69 Å². The average molecular weight is 345 g/mol. The first kappa shape index (κ1) is 16.6. The third-order valence-corrected chi connectivity index (χ3v) is 5.14. The molecule has 7 heteroatoms. The summed E-state index contributed by atoms with van der Waals surface area (Å²) in [7, 11) is 0. The molecule has 0 atom stereocenters. The Morgan fingerprint density at radius 1 is 1.33 bits per heavy atom. The van der Waals surface area contributed by atoms with Gasteiger partial charge in [-0.2, -0.15) is 0 Å². The van der Waals surface area contributed by atoms with E-state index in [1.165, 1.54) is 0 Å². The number of carbonyl (C=O) groups is 2. The van der Waals surface area contributed by atoms with E-state index in [1.807, 2.05) is 24.3 Å². The number of nitrogens with zero attached hydrogens (tertiary/aromatic N) is 2. The largest absolute Gasteiger partial charge is 0.477 e. The molecule has 1 aliphatic heterocycles. The molecule has 2 heterocycles. The van der Waals surface area contributed by atoms with Crippen molar-refractivity contribution < 1.29 is 14.7 Å². The van der Waals surface area contributed by atoms with Crippen molar-refractivity contribution in [3.05, 3.63) is 34.8 Å². The third kappa shape index (κ3) is 3.80. The summed E-state index contributed by atoms with van der Waals surface area (Å²) in [5.74, 6) is -0.998. The zero-order chi connectivity index (χ0) is 17.1. The molecule has 0 spiro atoms. The van der Waals surface area contributed by atoms with Crippen LogP contribution in [0.5, 0.6) is 0 Å². The van der Waals surface area contributed by atoms with Gasteiger partial charge in [0.15, 0.2) is 0 Å². The van der Waals surface area contributed by atoms with Gasteiger partial charge in [-0.05, 0) is 45.0 Å². The maximum atomic E-state index is 12.1. The average Bonchev–Trinajstić information content (AvgIpc) is 3.17. The molecular weight excluding hydrogens is 326 g/mol. The van der Waals surface area contributed by atoms with E-state index in [2.05, 4.69) is 15.2 Å². The molecule has 1 amide bonds. The number of thiazole rings is 1. The standard InChI is InChI=1S/C17H19N3O3S/c1-11-15(17(22)23)24-16(18-11)12-5-4-6-13(9-12)19-14(21)10-20-7-2-3-8-20/h4-6,9H,2-3,7-8,10H2,1H3,(H,19,21)(H,22,23). The lowest BCUT2D eigenvalue weighted by atomic mass is 10.2. The van der Waals surface area contributed by atoms with E-state index >= 15 is 0 Å². The van der Waals surface area contributed by atoms with Crippen LogP contribution in [0, 0.1) is 6.92 Å². The number of carboxylic acid groups (broad SMARTS) is 1. The van der Waals surface area contributed by atoms with Crippen molar-refractivity contribution in [3.63, 3.8) is 0 Å². The fourth-order valence-electron chi connectivity index (χ4n) is 2.79. The van der Waals surface area contributed by atoms with Crippen molar-refractivity contribution >= 4 is 28.9 Å². The van der Waals surface area contributed by atoms with E-state index in [4.69, 9.17) is 5.11 Å². The van der Waals surface area contributed by atoms with Crippen molar-refractivity contribution in [2.45, 2.75) is 19.8 Å². The number of benzene rings is 1. The first-order valence-electron chi connectivity index (χ1n) is 7.86. The van der Waals surface area contributed by atoms with Gasteiger partial charge in [-0.15, -0.1) is 11.3 Å². The summed E-state index contributed by atoms with van der Waals surface area (Å²) in [6.07, 6.45) is 2.30. The minimum Gasteiger partial charge on any atom is -0.477 e. The zero-order valence-corrected chi connectivity index (χ0v) is 14.2. The molecule has 0 aliphatic carbocycles. The Balaban J connectivity index is 1.73. The summed E-state index contributed by atoms with van der Waals surface area (Å²) < 4.78 is 0. The lowest BCUT2D eigenvalue weighted by Gasteiger charge is -2.14. The van der Waals surface area contributed by atoms with E-state index in [9.17, 15) is 9.59 Å². The van der Waals surface area contributed by atoms with Gasteiger partial charge in [0.05, 0.1) is 12.2 Å². The monoisotopic (exact) mass is 345 g/mol. The maximum absolute atomic E-state index is 12.1. The number of aryl methyl sites for hydroxylation is 1. The van der Waals surface area contributed by atoms with Crippen LogP contribution in [0.15, 0.2) is 24.3 Å². The number of hydrogen-bond donors (Lipinski definition) is 2. The summed E-state index contributed by atoms with van der Waals surface area (Å²) in [5, 5.41) is 12.7. The van der Waals surface area contributed by atoms with Crippen molar-refractivity contribution in [1.29, 1.82) is 0 Å². The summed E-state index contributed by atoms with van der Waals surface area (Å²) in [5.41, 5.74) is 2.00. The minimum absolute atomic E-state index is 0.0319. The molecule has 6 nitrogen and oxygen atoms in total. The quantitative estimate of drug-likeness (QED) is 0.871. The third-order valence-electron chi connectivity index (χ3n) is 3.95. The summed E-state index contributed by atoms with van der Waals surface area (Å²) >= 11 is 1.14. The number of aromatic carboxylic acids is 1. The molecular formula is C17H19N3O3S. The van der Waals surface area contributed by atoms with E-state index in [1.54, 1.807) is 6.92 Å². The molecule has 3 rings (SSSR count). The Bertz CT molecular complexity index is 766. The van der Waals surface area contributed by atoms with Crippen molar-refractivity contribution in [3.8, 4) is 10.6 Å². The molecule has 1 aromatic carbocycles. The fraction of sp³-hybridized carbons (Fsp3) is 0.353. The van der Waals surface area contributed by atoms with Gasteiger partial charge in [-0.25, -0.2) is 9.78 Å². The summed E-state index contributed by atoms with van der Waals surface area (Å²) in [6.45, 7) is 4.04. The number of amides is 1. The van der Waals surface area contributed by atoms with Gasteiger partial charge in [0.2, 0.25) is 5.91 Å². The zero-order valence-electron chi connectivity index (χ0n) is 13.4. The van der Waals surface area contributed by atoms with Crippen LogP contribution in [0.4, 0.5) is 5.69 Å². The molecule has 1 aliphatic rings. The van der Waals surface area contributed by atoms with Crippen molar-refractivity contribution in [1.82, 2.24) is 9.88 Å². The van der Waals surface area contributed by atoms with Crippen molar-refractivity contribution in [2.24, 2.45) is 0 Å². The van der Waals surface area contributed by atoms with E-state index in [0.717, 1.165) is 42.8 Å². The SMILES string of the molecule is Cc1nc(-c2cccc(NC(=O)CN3CCCC3)c2)sc1C(=O)O. The molecule has 0 saturated carbocycles. The highest BCUT2D eigenvalue weighted by atomic mass is 32.1. The highest BCUT2D eigenvalue weighted by molar-refractivity contribution is 7.17. The fourth-order valence-corrected chi connectivity index (χ4v) is 3.69. The van der Waals surface area contributed by atoms with Crippen LogP contribution in [-0.4, -0.2) is 46.5 Å². The number of rotatable bonds is 5. The topological polar surface area (TPSA) is 82.5 Å². The normalized spacial score (nSPS) is 14.7. The molecule has 0 bridgehead atoms. The summed E-state index contributed by atoms with van der Waals surface area (Å²) in [6, 6.07) is 7.34. The maximum Gasteiger partial charge on any atom is 0.347 e. The number of hydrogen-bond acceptors (Lipinski definition) is 5. The molecule has 2 N–H and O–H groups in total. The molecule has 1 aromatic heterocycles. The molecule has 126 valence electrons. The second-order valence-electron chi connectivity index (χ2n) is 5.85. The molecule has 0 unspecified atom stereocenters.